The molecule has 0 saturated carbocycles. The van der Waals surface area contributed by atoms with Crippen molar-refractivity contribution in [3.8, 4) is 0 Å². The van der Waals surface area contributed by atoms with Crippen molar-refractivity contribution in [3.63, 3.8) is 0 Å². The molecule has 0 aliphatic rings. The number of halogens is 1. The average molecular weight is 240 g/mol. The molecule has 2 aromatic carbocycles. The summed E-state index contributed by atoms with van der Waals surface area (Å²) >= 11 is 0. The molecule has 0 atom stereocenters. The maximum Gasteiger partial charge on any atom is 0.123 e. The van der Waals surface area contributed by atoms with Crippen molar-refractivity contribution >= 4 is 18.0 Å². The maximum atomic E-state index is 12.6. The Morgan fingerprint density at radius 3 is 2.39 bits per heavy atom. The van der Waals surface area contributed by atoms with Gasteiger partial charge in [0.15, 0.2) is 0 Å². The number of hydrogen-bond donors (Lipinski definition) is 1. The van der Waals surface area contributed by atoms with Gasteiger partial charge >= 0.3 is 0 Å². The molecule has 0 bridgehead atoms. The third kappa shape index (κ3) is 3.87. The number of hydrogen-bond acceptors (Lipinski definition) is 2. The number of benzene rings is 2. The fourth-order valence-electron chi connectivity index (χ4n) is 1.40. The summed E-state index contributed by atoms with van der Waals surface area (Å²) in [5.74, 6) is -0.256. The zero-order valence-electron chi connectivity index (χ0n) is 9.75. The Hall–Kier alpha value is -2.42. The molecule has 0 saturated heterocycles. The first kappa shape index (κ1) is 12.0. The Morgan fingerprint density at radius 1 is 0.944 bits per heavy atom. The summed E-state index contributed by atoms with van der Waals surface area (Å²) in [6.07, 6.45) is 5.44. The molecule has 2 nitrogen and oxygen atoms in total. The molecule has 0 radical (unpaired) electrons. The van der Waals surface area contributed by atoms with E-state index in [1.54, 1.807) is 18.3 Å². The van der Waals surface area contributed by atoms with Crippen LogP contribution in [0, 0.1) is 5.82 Å². The highest BCUT2D eigenvalue weighted by Crippen LogP contribution is 2.07. The van der Waals surface area contributed by atoms with Gasteiger partial charge in [0.1, 0.15) is 5.82 Å². The minimum Gasteiger partial charge on any atom is -0.279 e. The van der Waals surface area contributed by atoms with Gasteiger partial charge in [0.2, 0.25) is 0 Å². The lowest BCUT2D eigenvalue weighted by Gasteiger charge is -1.97. The Labute approximate surface area is 105 Å². The van der Waals surface area contributed by atoms with Gasteiger partial charge in [-0.1, -0.05) is 36.4 Å². The van der Waals surface area contributed by atoms with Gasteiger partial charge in [0.05, 0.1) is 5.69 Å². The molecule has 0 unspecified atom stereocenters. The molecule has 0 aliphatic heterocycles. The predicted octanol–water partition coefficient (Wildman–Crippen LogP) is 3.94. The quantitative estimate of drug-likeness (QED) is 0.635. The minimum atomic E-state index is -0.256. The average Bonchev–Trinajstić information content (AvgIpc) is 2.42. The van der Waals surface area contributed by atoms with Gasteiger partial charge in [-0.2, -0.15) is 5.10 Å². The van der Waals surface area contributed by atoms with Crippen LogP contribution in [-0.4, -0.2) is 6.21 Å². The zero-order chi connectivity index (χ0) is 12.6. The molecule has 2 rings (SSSR count). The van der Waals surface area contributed by atoms with Crippen molar-refractivity contribution in [2.45, 2.75) is 0 Å². The summed E-state index contributed by atoms with van der Waals surface area (Å²) in [4.78, 5) is 0. The summed E-state index contributed by atoms with van der Waals surface area (Å²) in [5.41, 5.74) is 4.68. The zero-order valence-corrected chi connectivity index (χ0v) is 9.75. The van der Waals surface area contributed by atoms with Crippen LogP contribution < -0.4 is 5.43 Å². The molecule has 0 heterocycles. The van der Waals surface area contributed by atoms with Gasteiger partial charge in [0, 0.05) is 6.21 Å². The summed E-state index contributed by atoms with van der Waals surface area (Å²) in [7, 11) is 0. The normalized spacial score (nSPS) is 11.2. The third-order valence-corrected chi connectivity index (χ3v) is 2.29. The second-order valence-corrected chi connectivity index (χ2v) is 3.67. The second-order valence-electron chi connectivity index (χ2n) is 3.67. The number of nitrogens with one attached hydrogen (secondary N) is 1. The van der Waals surface area contributed by atoms with Crippen molar-refractivity contribution in [2.24, 2.45) is 5.10 Å². The van der Waals surface area contributed by atoms with Crippen LogP contribution >= 0.6 is 0 Å². The lowest BCUT2D eigenvalue weighted by atomic mass is 10.2. The molecule has 2 aromatic rings. The molecule has 0 aliphatic carbocycles. The molecular formula is C15H13FN2. The number of nitrogens with zero attached hydrogens (tertiary/aromatic N) is 1. The summed E-state index contributed by atoms with van der Waals surface area (Å²) in [6, 6.07) is 16.0. The van der Waals surface area contributed by atoms with Crippen LogP contribution in [0.2, 0.25) is 0 Å². The highest BCUT2D eigenvalue weighted by atomic mass is 19.1. The van der Waals surface area contributed by atoms with E-state index in [9.17, 15) is 4.39 Å². The standard InChI is InChI=1S/C15H13FN2/c16-14-8-10-15(11-9-14)18-17-12-4-7-13-5-2-1-3-6-13/h1-12,18H. The lowest BCUT2D eigenvalue weighted by molar-refractivity contribution is 0.628. The number of allylic oxidation sites excluding steroid dienone is 1. The first-order valence-corrected chi connectivity index (χ1v) is 5.61. The topological polar surface area (TPSA) is 24.4 Å². The first-order valence-electron chi connectivity index (χ1n) is 5.61. The van der Waals surface area contributed by atoms with Gasteiger partial charge < -0.3 is 0 Å². The largest absolute Gasteiger partial charge is 0.279 e. The van der Waals surface area contributed by atoms with Crippen LogP contribution in [0.25, 0.3) is 6.08 Å². The van der Waals surface area contributed by atoms with Crippen LogP contribution in [0.1, 0.15) is 5.56 Å². The van der Waals surface area contributed by atoms with Gasteiger partial charge in [-0.15, -0.1) is 0 Å². The molecule has 0 aromatic heterocycles. The van der Waals surface area contributed by atoms with Crippen molar-refractivity contribution < 1.29 is 4.39 Å². The number of anilines is 1. The van der Waals surface area contributed by atoms with E-state index in [2.05, 4.69) is 10.5 Å². The van der Waals surface area contributed by atoms with E-state index in [1.807, 2.05) is 42.5 Å². The molecule has 1 N–H and O–H groups in total. The van der Waals surface area contributed by atoms with E-state index < -0.39 is 0 Å². The van der Waals surface area contributed by atoms with Crippen LogP contribution in [0.15, 0.2) is 65.8 Å². The highest BCUT2D eigenvalue weighted by Gasteiger charge is 1.89. The van der Waals surface area contributed by atoms with Crippen LogP contribution in [0.3, 0.4) is 0 Å². The number of rotatable bonds is 4. The summed E-state index contributed by atoms with van der Waals surface area (Å²) in [5, 5.41) is 4.00. The molecule has 0 fully saturated rings. The van der Waals surface area contributed by atoms with E-state index in [0.29, 0.717) is 0 Å². The molecule has 3 heteroatoms. The minimum absolute atomic E-state index is 0.256. The van der Waals surface area contributed by atoms with Gasteiger partial charge in [0.25, 0.3) is 0 Å². The van der Waals surface area contributed by atoms with Crippen LogP contribution in [0.4, 0.5) is 10.1 Å². The van der Waals surface area contributed by atoms with E-state index in [0.717, 1.165) is 11.3 Å². The van der Waals surface area contributed by atoms with Crippen molar-refractivity contribution in [1.82, 2.24) is 0 Å². The van der Waals surface area contributed by atoms with Crippen LogP contribution in [0.5, 0.6) is 0 Å². The van der Waals surface area contributed by atoms with Crippen LogP contribution in [-0.2, 0) is 0 Å². The molecular weight excluding hydrogens is 227 g/mol. The molecule has 18 heavy (non-hydrogen) atoms. The Balaban J connectivity index is 1.85. The lowest BCUT2D eigenvalue weighted by Crippen LogP contribution is -1.87. The van der Waals surface area contributed by atoms with E-state index in [1.165, 1.54) is 12.1 Å². The maximum absolute atomic E-state index is 12.6. The fourth-order valence-corrected chi connectivity index (χ4v) is 1.40. The Morgan fingerprint density at radius 2 is 1.67 bits per heavy atom. The van der Waals surface area contributed by atoms with E-state index in [4.69, 9.17) is 0 Å². The first-order chi connectivity index (χ1) is 8.84. The van der Waals surface area contributed by atoms with Gasteiger partial charge in [-0.3, -0.25) is 5.43 Å². The monoisotopic (exact) mass is 240 g/mol. The summed E-state index contributed by atoms with van der Waals surface area (Å²) < 4.78 is 12.6. The van der Waals surface area contributed by atoms with Crippen molar-refractivity contribution in [3.05, 3.63) is 72.1 Å². The molecule has 90 valence electrons. The SMILES string of the molecule is Fc1ccc(NN=CC=Cc2ccccc2)cc1. The van der Waals surface area contributed by atoms with E-state index >= 15 is 0 Å². The Bertz CT molecular complexity index is 530. The second kappa shape index (κ2) is 6.35. The van der Waals surface area contributed by atoms with E-state index in [-0.39, 0.29) is 5.82 Å². The fraction of sp³-hybridized carbons (Fsp3) is 0. The molecule has 0 spiro atoms. The Kier molecular flexibility index (Phi) is 4.25. The third-order valence-electron chi connectivity index (χ3n) is 2.29. The van der Waals surface area contributed by atoms with Gasteiger partial charge in [-0.25, -0.2) is 4.39 Å². The molecule has 0 amide bonds. The number of hydrazone groups is 1. The smallest absolute Gasteiger partial charge is 0.123 e. The van der Waals surface area contributed by atoms with Gasteiger partial charge in [-0.05, 0) is 35.9 Å². The van der Waals surface area contributed by atoms with Crippen molar-refractivity contribution in [2.75, 3.05) is 5.43 Å². The summed E-state index contributed by atoms with van der Waals surface area (Å²) in [6.45, 7) is 0. The predicted molar refractivity (Wildman–Crippen MR) is 74.0 cm³/mol. The highest BCUT2D eigenvalue weighted by molar-refractivity contribution is 5.78. The van der Waals surface area contributed by atoms with Crippen molar-refractivity contribution in [1.29, 1.82) is 0 Å².